The number of non-ortho nitro benzene ring substituents is 1. The summed E-state index contributed by atoms with van der Waals surface area (Å²) in [5, 5.41) is 16.0. The van der Waals surface area contributed by atoms with E-state index in [1.807, 2.05) is 0 Å². The van der Waals surface area contributed by atoms with Gasteiger partial charge in [-0.2, -0.15) is 0 Å². The molecule has 0 aliphatic heterocycles. The number of nitrogens with one attached hydrogen (secondary N) is 2. The van der Waals surface area contributed by atoms with Crippen molar-refractivity contribution in [1.82, 2.24) is 5.32 Å². The van der Waals surface area contributed by atoms with Crippen LogP contribution in [0.1, 0.15) is 15.9 Å². The van der Waals surface area contributed by atoms with Crippen LogP contribution >= 0.6 is 11.6 Å². The third-order valence-corrected chi connectivity index (χ3v) is 4.03. The highest BCUT2D eigenvalue weighted by Gasteiger charge is 2.14. The summed E-state index contributed by atoms with van der Waals surface area (Å²) in [7, 11) is 0. The number of hydrogen-bond acceptors (Lipinski definition) is 6. The van der Waals surface area contributed by atoms with Crippen molar-refractivity contribution >= 4 is 40.8 Å². The molecular weight excluding hydrogens is 390 g/mol. The number of nitrogens with zero attached hydrogens (tertiary/aromatic N) is 1. The van der Waals surface area contributed by atoms with Crippen molar-refractivity contribution in [2.75, 3.05) is 18.5 Å². The van der Waals surface area contributed by atoms with Gasteiger partial charge in [-0.05, 0) is 30.7 Å². The van der Waals surface area contributed by atoms with Crippen molar-refractivity contribution < 1.29 is 24.0 Å². The number of esters is 1. The lowest BCUT2D eigenvalue weighted by molar-refractivity contribution is -0.384. The molecule has 0 aromatic heterocycles. The molecule has 0 bridgehead atoms. The zero-order valence-corrected chi connectivity index (χ0v) is 15.5. The topological polar surface area (TPSA) is 128 Å². The van der Waals surface area contributed by atoms with Crippen molar-refractivity contribution in [2.24, 2.45) is 0 Å². The quantitative estimate of drug-likeness (QED) is 0.413. The molecule has 0 atom stereocenters. The molecule has 0 heterocycles. The number of rotatable bonds is 7. The van der Waals surface area contributed by atoms with E-state index >= 15 is 0 Å². The van der Waals surface area contributed by atoms with Gasteiger partial charge in [0.2, 0.25) is 0 Å². The van der Waals surface area contributed by atoms with Gasteiger partial charge in [-0.1, -0.05) is 23.7 Å². The summed E-state index contributed by atoms with van der Waals surface area (Å²) in [5.74, 6) is -2.08. The molecule has 0 fully saturated rings. The molecule has 0 aliphatic carbocycles. The Kier molecular flexibility index (Phi) is 7.05. The maximum Gasteiger partial charge on any atom is 0.325 e. The normalized spacial score (nSPS) is 10.1. The largest absolute Gasteiger partial charge is 0.454 e. The van der Waals surface area contributed by atoms with E-state index in [9.17, 15) is 24.5 Å². The summed E-state index contributed by atoms with van der Waals surface area (Å²) in [6.45, 7) is 0.690. The third kappa shape index (κ3) is 5.78. The first-order valence-electron chi connectivity index (χ1n) is 8.01. The SMILES string of the molecule is Cc1c(Cl)cccc1NC(=O)COC(=O)CNC(=O)c1cccc([N+](=O)[O-])c1. The Hall–Kier alpha value is -3.46. The number of amides is 2. The number of carbonyl (C=O) groups is 3. The first-order valence-corrected chi connectivity index (χ1v) is 8.39. The fraction of sp³-hybridized carbons (Fsp3) is 0.167. The van der Waals surface area contributed by atoms with Crippen LogP contribution in [0.15, 0.2) is 42.5 Å². The van der Waals surface area contributed by atoms with Crippen molar-refractivity contribution in [3.8, 4) is 0 Å². The van der Waals surface area contributed by atoms with E-state index in [0.717, 1.165) is 6.07 Å². The standard InChI is InChI=1S/C18H16ClN3O6/c1-11-14(19)6-3-7-15(11)21-16(23)10-28-17(24)9-20-18(25)12-4-2-5-13(8-12)22(26)27/h2-8H,9-10H2,1H3,(H,20,25)(H,21,23). The summed E-state index contributed by atoms with van der Waals surface area (Å²) >= 11 is 5.96. The molecule has 2 aromatic carbocycles. The second-order valence-electron chi connectivity index (χ2n) is 5.61. The number of benzene rings is 2. The van der Waals surface area contributed by atoms with Gasteiger partial charge in [0.1, 0.15) is 6.54 Å². The van der Waals surface area contributed by atoms with Crippen molar-refractivity contribution in [3.63, 3.8) is 0 Å². The van der Waals surface area contributed by atoms with Crippen LogP contribution in [0, 0.1) is 17.0 Å². The molecule has 0 aliphatic rings. The molecule has 2 aromatic rings. The van der Waals surface area contributed by atoms with Crippen LogP contribution in [0.25, 0.3) is 0 Å². The van der Waals surface area contributed by atoms with Crippen molar-refractivity contribution in [2.45, 2.75) is 6.92 Å². The van der Waals surface area contributed by atoms with Crippen LogP contribution in [-0.2, 0) is 14.3 Å². The van der Waals surface area contributed by atoms with Crippen LogP contribution in [0.2, 0.25) is 5.02 Å². The second-order valence-corrected chi connectivity index (χ2v) is 6.02. The molecule has 0 saturated heterocycles. The van der Waals surface area contributed by atoms with E-state index in [4.69, 9.17) is 16.3 Å². The van der Waals surface area contributed by atoms with Gasteiger partial charge < -0.3 is 15.4 Å². The van der Waals surface area contributed by atoms with E-state index in [-0.39, 0.29) is 11.3 Å². The average molecular weight is 406 g/mol. The predicted molar refractivity (Wildman–Crippen MR) is 101 cm³/mol. The van der Waals surface area contributed by atoms with Crippen molar-refractivity contribution in [3.05, 3.63) is 68.7 Å². The first-order chi connectivity index (χ1) is 13.3. The Labute approximate surface area is 164 Å². The number of nitro groups is 1. The van der Waals surface area contributed by atoms with Gasteiger partial charge >= 0.3 is 5.97 Å². The number of anilines is 1. The lowest BCUT2D eigenvalue weighted by Gasteiger charge is -2.10. The average Bonchev–Trinajstić information content (AvgIpc) is 2.68. The van der Waals surface area contributed by atoms with Gasteiger partial charge in [-0.15, -0.1) is 0 Å². The van der Waals surface area contributed by atoms with E-state index in [0.29, 0.717) is 16.3 Å². The molecule has 9 nitrogen and oxygen atoms in total. The summed E-state index contributed by atoms with van der Waals surface area (Å²) in [5.41, 5.74) is 0.944. The Morgan fingerprint density at radius 3 is 2.61 bits per heavy atom. The van der Waals surface area contributed by atoms with Gasteiger partial charge in [0, 0.05) is 28.4 Å². The summed E-state index contributed by atoms with van der Waals surface area (Å²) in [4.78, 5) is 45.6. The monoisotopic (exact) mass is 405 g/mol. The Bertz CT molecular complexity index is 931. The zero-order valence-electron chi connectivity index (χ0n) is 14.7. The van der Waals surface area contributed by atoms with Crippen LogP contribution < -0.4 is 10.6 Å². The number of halogens is 1. The van der Waals surface area contributed by atoms with Crippen LogP contribution in [0.5, 0.6) is 0 Å². The van der Waals surface area contributed by atoms with Gasteiger partial charge in [0.25, 0.3) is 17.5 Å². The van der Waals surface area contributed by atoms with Crippen LogP contribution in [-0.4, -0.2) is 35.9 Å². The molecule has 146 valence electrons. The van der Waals surface area contributed by atoms with E-state index in [1.54, 1.807) is 25.1 Å². The fourth-order valence-electron chi connectivity index (χ4n) is 2.14. The van der Waals surface area contributed by atoms with Crippen LogP contribution in [0.4, 0.5) is 11.4 Å². The summed E-state index contributed by atoms with van der Waals surface area (Å²) < 4.78 is 4.79. The molecule has 0 spiro atoms. The molecule has 10 heteroatoms. The number of nitro benzene ring substituents is 1. The molecule has 2 amide bonds. The fourth-order valence-corrected chi connectivity index (χ4v) is 2.32. The molecule has 28 heavy (non-hydrogen) atoms. The Morgan fingerprint density at radius 2 is 1.89 bits per heavy atom. The number of hydrogen-bond donors (Lipinski definition) is 2. The van der Waals surface area contributed by atoms with Gasteiger partial charge in [0.15, 0.2) is 6.61 Å². The molecule has 0 unspecified atom stereocenters. The lowest BCUT2D eigenvalue weighted by atomic mass is 10.2. The lowest BCUT2D eigenvalue weighted by Crippen LogP contribution is -2.32. The Balaban J connectivity index is 1.80. The Morgan fingerprint density at radius 1 is 1.18 bits per heavy atom. The molecule has 0 radical (unpaired) electrons. The molecule has 2 N–H and O–H groups in total. The summed E-state index contributed by atoms with van der Waals surface area (Å²) in [6.07, 6.45) is 0. The maximum atomic E-state index is 11.9. The van der Waals surface area contributed by atoms with E-state index < -0.39 is 35.9 Å². The van der Waals surface area contributed by atoms with Gasteiger partial charge in [0.05, 0.1) is 4.92 Å². The van der Waals surface area contributed by atoms with Crippen LogP contribution in [0.3, 0.4) is 0 Å². The summed E-state index contributed by atoms with van der Waals surface area (Å²) in [6, 6.07) is 10.0. The van der Waals surface area contributed by atoms with E-state index in [2.05, 4.69) is 10.6 Å². The number of ether oxygens (including phenoxy) is 1. The van der Waals surface area contributed by atoms with Gasteiger partial charge in [-0.3, -0.25) is 24.5 Å². The maximum absolute atomic E-state index is 11.9. The van der Waals surface area contributed by atoms with E-state index in [1.165, 1.54) is 18.2 Å². The highest BCUT2D eigenvalue weighted by atomic mass is 35.5. The number of carbonyl (C=O) groups excluding carboxylic acids is 3. The zero-order chi connectivity index (χ0) is 20.7. The minimum atomic E-state index is -0.836. The van der Waals surface area contributed by atoms with Crippen molar-refractivity contribution in [1.29, 1.82) is 0 Å². The predicted octanol–water partition coefficient (Wildman–Crippen LogP) is 2.47. The minimum absolute atomic E-state index is 0.0242. The van der Waals surface area contributed by atoms with Gasteiger partial charge in [-0.25, -0.2) is 0 Å². The minimum Gasteiger partial charge on any atom is -0.454 e. The third-order valence-electron chi connectivity index (χ3n) is 3.62. The first kappa shape index (κ1) is 20.8. The molecule has 0 saturated carbocycles. The highest BCUT2D eigenvalue weighted by Crippen LogP contribution is 2.22. The smallest absolute Gasteiger partial charge is 0.325 e. The second kappa shape index (κ2) is 9.47. The highest BCUT2D eigenvalue weighted by molar-refractivity contribution is 6.31. The molecular formula is C18H16ClN3O6. The molecule has 2 rings (SSSR count).